The molecule has 0 aliphatic rings. The van der Waals surface area contributed by atoms with Gasteiger partial charge in [-0.3, -0.25) is 0 Å². The summed E-state index contributed by atoms with van der Waals surface area (Å²) in [4.78, 5) is 10.8. The molecule has 3 heteroatoms. The van der Waals surface area contributed by atoms with E-state index in [1.54, 1.807) is 0 Å². The summed E-state index contributed by atoms with van der Waals surface area (Å²) >= 11 is 0. The Balaban J connectivity index is 3.37. The molecule has 0 aliphatic carbocycles. The minimum Gasteiger partial charge on any atom is -0.481 e. The summed E-state index contributed by atoms with van der Waals surface area (Å²) in [7, 11) is 0. The highest BCUT2D eigenvalue weighted by molar-refractivity contribution is 5.68. The van der Waals surface area contributed by atoms with Crippen molar-refractivity contribution < 1.29 is 14.6 Å². The second kappa shape index (κ2) is 5.24. The number of benzene rings is 1. The van der Waals surface area contributed by atoms with Crippen LogP contribution in [0.5, 0.6) is 5.75 Å². The predicted octanol–water partition coefficient (Wildman–Crippen LogP) is 3.75. The molecule has 0 aromatic heterocycles. The summed E-state index contributed by atoms with van der Waals surface area (Å²) in [6, 6.07) is 6.02. The van der Waals surface area contributed by atoms with E-state index >= 15 is 0 Å². The van der Waals surface area contributed by atoms with Gasteiger partial charge in [-0.2, -0.15) is 0 Å². The van der Waals surface area contributed by atoms with E-state index in [9.17, 15) is 4.79 Å². The van der Waals surface area contributed by atoms with E-state index in [4.69, 9.17) is 9.84 Å². The molecule has 0 spiro atoms. The van der Waals surface area contributed by atoms with E-state index in [1.807, 2.05) is 18.2 Å². The van der Waals surface area contributed by atoms with Crippen LogP contribution in [0.3, 0.4) is 0 Å². The summed E-state index contributed by atoms with van der Waals surface area (Å²) in [5.41, 5.74) is 1.91. The minimum absolute atomic E-state index is 0.0882. The maximum atomic E-state index is 10.8. The van der Waals surface area contributed by atoms with Gasteiger partial charge in [0.15, 0.2) is 6.61 Å². The second-order valence-electron chi connectivity index (χ2n) is 6.86. The number of hydrogen-bond donors (Lipinski definition) is 1. The van der Waals surface area contributed by atoms with Crippen molar-refractivity contribution in [1.29, 1.82) is 0 Å². The smallest absolute Gasteiger partial charge is 0.341 e. The quantitative estimate of drug-likeness (QED) is 0.904. The normalized spacial score (nSPS) is 12.3. The van der Waals surface area contributed by atoms with Crippen molar-refractivity contribution in [3.05, 3.63) is 29.3 Å². The van der Waals surface area contributed by atoms with Gasteiger partial charge in [0.2, 0.25) is 0 Å². The number of hydrogen-bond acceptors (Lipinski definition) is 2. The van der Waals surface area contributed by atoms with E-state index in [2.05, 4.69) is 41.5 Å². The number of carboxylic acids is 1. The Morgan fingerprint density at radius 2 is 1.47 bits per heavy atom. The van der Waals surface area contributed by atoms with Crippen LogP contribution >= 0.6 is 0 Å². The van der Waals surface area contributed by atoms with Gasteiger partial charge in [-0.15, -0.1) is 0 Å². The first kappa shape index (κ1) is 15.5. The zero-order valence-corrected chi connectivity index (χ0v) is 12.7. The van der Waals surface area contributed by atoms with Gasteiger partial charge in [-0.05, 0) is 22.0 Å². The first-order chi connectivity index (χ1) is 8.53. The summed E-state index contributed by atoms with van der Waals surface area (Å²) in [5, 5.41) is 8.84. The van der Waals surface area contributed by atoms with Gasteiger partial charge < -0.3 is 9.84 Å². The van der Waals surface area contributed by atoms with Crippen molar-refractivity contribution in [2.24, 2.45) is 0 Å². The lowest BCUT2D eigenvalue weighted by molar-refractivity contribution is -0.139. The lowest BCUT2D eigenvalue weighted by Gasteiger charge is -2.29. The van der Waals surface area contributed by atoms with Crippen LogP contribution in [0.4, 0.5) is 0 Å². The lowest BCUT2D eigenvalue weighted by atomic mass is 9.79. The topological polar surface area (TPSA) is 46.5 Å². The molecule has 0 saturated heterocycles. The zero-order valence-electron chi connectivity index (χ0n) is 12.7. The number of rotatable bonds is 3. The van der Waals surface area contributed by atoms with E-state index < -0.39 is 5.97 Å². The molecule has 106 valence electrons. The third kappa shape index (κ3) is 3.98. The van der Waals surface area contributed by atoms with Crippen LogP contribution in [-0.2, 0) is 15.6 Å². The molecule has 19 heavy (non-hydrogen) atoms. The maximum absolute atomic E-state index is 10.8. The van der Waals surface area contributed by atoms with E-state index in [0.29, 0.717) is 5.75 Å². The fourth-order valence-electron chi connectivity index (χ4n) is 2.01. The van der Waals surface area contributed by atoms with E-state index in [1.165, 1.54) is 0 Å². The monoisotopic (exact) mass is 264 g/mol. The number of ether oxygens (including phenoxy) is 1. The van der Waals surface area contributed by atoms with Gasteiger partial charge in [0.1, 0.15) is 5.75 Å². The largest absolute Gasteiger partial charge is 0.481 e. The highest BCUT2D eigenvalue weighted by Crippen LogP contribution is 2.39. The molecular formula is C16H24O3. The highest BCUT2D eigenvalue weighted by atomic mass is 16.5. The molecule has 0 heterocycles. The molecule has 1 N–H and O–H groups in total. The Kier molecular flexibility index (Phi) is 4.28. The fraction of sp³-hybridized carbons (Fsp3) is 0.562. The highest BCUT2D eigenvalue weighted by Gasteiger charge is 2.26. The first-order valence-corrected chi connectivity index (χ1v) is 6.52. The van der Waals surface area contributed by atoms with Crippen LogP contribution in [0.2, 0.25) is 0 Å². The summed E-state index contributed by atoms with van der Waals surface area (Å²) in [6.07, 6.45) is 0. The van der Waals surface area contributed by atoms with Crippen LogP contribution < -0.4 is 4.74 Å². The molecule has 0 amide bonds. The zero-order chi connectivity index (χ0) is 14.8. The van der Waals surface area contributed by atoms with Gasteiger partial charge in [0.05, 0.1) is 0 Å². The van der Waals surface area contributed by atoms with Gasteiger partial charge in [0, 0.05) is 0 Å². The van der Waals surface area contributed by atoms with Crippen LogP contribution in [-0.4, -0.2) is 17.7 Å². The van der Waals surface area contributed by atoms with Crippen molar-refractivity contribution in [2.45, 2.75) is 52.4 Å². The van der Waals surface area contributed by atoms with Gasteiger partial charge >= 0.3 is 5.97 Å². The summed E-state index contributed by atoms with van der Waals surface area (Å²) in [5.74, 6) is -0.242. The average Bonchev–Trinajstić information content (AvgIpc) is 2.23. The molecule has 3 nitrogen and oxygen atoms in total. The minimum atomic E-state index is -0.955. The molecule has 0 aliphatic heterocycles. The average molecular weight is 264 g/mol. The maximum Gasteiger partial charge on any atom is 0.341 e. The van der Waals surface area contributed by atoms with E-state index in [0.717, 1.165) is 11.1 Å². The van der Waals surface area contributed by atoms with Crippen molar-refractivity contribution in [3.63, 3.8) is 0 Å². The first-order valence-electron chi connectivity index (χ1n) is 6.52. The number of carbonyl (C=O) groups is 1. The summed E-state index contributed by atoms with van der Waals surface area (Å²) in [6.45, 7) is 12.3. The fourth-order valence-corrected chi connectivity index (χ4v) is 2.01. The second-order valence-corrected chi connectivity index (χ2v) is 6.86. The van der Waals surface area contributed by atoms with E-state index in [-0.39, 0.29) is 17.4 Å². The molecule has 1 aromatic rings. The molecule has 1 rings (SSSR count). The Morgan fingerprint density at radius 3 is 1.79 bits per heavy atom. The molecule has 0 radical (unpaired) electrons. The van der Waals surface area contributed by atoms with Gasteiger partial charge in [0.25, 0.3) is 0 Å². The van der Waals surface area contributed by atoms with Gasteiger partial charge in [-0.1, -0.05) is 59.7 Å². The number of para-hydroxylation sites is 1. The Morgan fingerprint density at radius 1 is 1.05 bits per heavy atom. The molecule has 0 unspecified atom stereocenters. The molecule has 0 bridgehead atoms. The van der Waals surface area contributed by atoms with Crippen molar-refractivity contribution in [2.75, 3.05) is 6.61 Å². The van der Waals surface area contributed by atoms with Crippen LogP contribution in [0.25, 0.3) is 0 Å². The standard InChI is InChI=1S/C16H24O3/c1-15(2,3)11-8-7-9-12(16(4,5)6)14(11)19-10-13(17)18/h7-9H,10H2,1-6H3,(H,17,18). The van der Waals surface area contributed by atoms with Crippen molar-refractivity contribution in [1.82, 2.24) is 0 Å². The third-order valence-corrected chi connectivity index (χ3v) is 2.97. The van der Waals surface area contributed by atoms with Crippen molar-refractivity contribution in [3.8, 4) is 5.75 Å². The van der Waals surface area contributed by atoms with Crippen LogP contribution in [0, 0.1) is 0 Å². The van der Waals surface area contributed by atoms with Crippen LogP contribution in [0.1, 0.15) is 52.7 Å². The van der Waals surface area contributed by atoms with Crippen molar-refractivity contribution >= 4 is 5.97 Å². The van der Waals surface area contributed by atoms with Gasteiger partial charge in [-0.25, -0.2) is 4.79 Å². The Bertz CT molecular complexity index is 430. The number of carboxylic acid groups (broad SMARTS) is 1. The molecule has 0 fully saturated rings. The lowest BCUT2D eigenvalue weighted by Crippen LogP contribution is -2.21. The predicted molar refractivity (Wildman–Crippen MR) is 77.0 cm³/mol. The molecule has 1 aromatic carbocycles. The third-order valence-electron chi connectivity index (χ3n) is 2.97. The molecule has 0 atom stereocenters. The Hall–Kier alpha value is -1.51. The van der Waals surface area contributed by atoms with Crippen LogP contribution in [0.15, 0.2) is 18.2 Å². The summed E-state index contributed by atoms with van der Waals surface area (Å²) < 4.78 is 5.58. The SMILES string of the molecule is CC(C)(C)c1cccc(C(C)(C)C)c1OCC(=O)O. The molecular weight excluding hydrogens is 240 g/mol. The Labute approximate surface area is 115 Å². The number of aliphatic carboxylic acids is 1. The molecule has 0 saturated carbocycles.